The van der Waals surface area contributed by atoms with Crippen molar-refractivity contribution >= 4 is 50.9 Å². The van der Waals surface area contributed by atoms with Gasteiger partial charge >= 0.3 is 0 Å². The van der Waals surface area contributed by atoms with Crippen LogP contribution < -0.4 is 10.1 Å². The molecule has 34 heavy (non-hydrogen) atoms. The molecular weight excluding hydrogens is 536 g/mol. The Morgan fingerprint density at radius 1 is 1.15 bits per heavy atom. The topological polar surface area (TPSA) is 69.0 Å². The summed E-state index contributed by atoms with van der Waals surface area (Å²) in [6, 6.07) is 13.4. The maximum Gasteiger partial charge on any atom is 0.234 e. The molecule has 2 aromatic carbocycles. The number of anilines is 1. The molecule has 3 rings (SSSR count). The third-order valence-corrected chi connectivity index (χ3v) is 7.24. The quantitative estimate of drug-likeness (QED) is 0.260. The summed E-state index contributed by atoms with van der Waals surface area (Å²) < 4.78 is 9.16. The van der Waals surface area contributed by atoms with Gasteiger partial charge in [-0.1, -0.05) is 69.3 Å². The average molecular weight is 566 g/mol. The van der Waals surface area contributed by atoms with Gasteiger partial charge in [0.1, 0.15) is 5.75 Å². The summed E-state index contributed by atoms with van der Waals surface area (Å²) in [6.45, 7) is 11.3. The number of hydrogen-bond acceptors (Lipinski definition) is 5. The molecule has 0 aliphatic carbocycles. The third kappa shape index (κ3) is 6.99. The second kappa shape index (κ2) is 12.1. The van der Waals surface area contributed by atoms with Crippen LogP contribution in [0.4, 0.5) is 5.69 Å². The molecule has 0 fully saturated rings. The molecule has 9 heteroatoms. The number of carbonyl (C=O) groups excluding carboxylic acids is 1. The van der Waals surface area contributed by atoms with E-state index in [4.69, 9.17) is 16.3 Å². The number of amides is 1. The Bertz CT molecular complexity index is 1140. The predicted octanol–water partition coefficient (Wildman–Crippen LogP) is 7.34. The van der Waals surface area contributed by atoms with Crippen molar-refractivity contribution in [1.82, 2.24) is 14.8 Å². The van der Waals surface area contributed by atoms with Gasteiger partial charge in [0.2, 0.25) is 5.91 Å². The summed E-state index contributed by atoms with van der Waals surface area (Å²) in [4.78, 5) is 12.5. The number of thioether (sulfide) groups is 1. The van der Waals surface area contributed by atoms with Crippen LogP contribution in [0.5, 0.6) is 5.75 Å². The van der Waals surface area contributed by atoms with Crippen molar-refractivity contribution in [3.8, 4) is 5.75 Å². The van der Waals surface area contributed by atoms with Gasteiger partial charge in [-0.25, -0.2) is 0 Å². The molecule has 1 unspecified atom stereocenters. The number of hydrogen-bond donors (Lipinski definition) is 1. The van der Waals surface area contributed by atoms with Crippen LogP contribution in [0.2, 0.25) is 5.02 Å². The molecule has 0 aliphatic rings. The van der Waals surface area contributed by atoms with E-state index in [1.54, 1.807) is 18.2 Å². The van der Waals surface area contributed by atoms with Crippen LogP contribution in [0, 0.1) is 5.92 Å². The van der Waals surface area contributed by atoms with Crippen molar-refractivity contribution < 1.29 is 9.53 Å². The van der Waals surface area contributed by atoms with Gasteiger partial charge in [-0.05, 0) is 64.5 Å². The highest BCUT2D eigenvalue weighted by molar-refractivity contribution is 9.10. The van der Waals surface area contributed by atoms with Gasteiger partial charge in [-0.3, -0.25) is 4.79 Å². The Balaban J connectivity index is 1.73. The normalized spacial score (nSPS) is 12.3. The summed E-state index contributed by atoms with van der Waals surface area (Å²) in [5.41, 5.74) is 1.80. The van der Waals surface area contributed by atoms with E-state index >= 15 is 0 Å². The van der Waals surface area contributed by atoms with Crippen LogP contribution in [0.15, 0.2) is 52.1 Å². The third-order valence-electron chi connectivity index (χ3n) is 5.04. The fourth-order valence-electron chi connectivity index (χ4n) is 3.45. The van der Waals surface area contributed by atoms with Crippen molar-refractivity contribution in [1.29, 1.82) is 0 Å². The van der Waals surface area contributed by atoms with Crippen LogP contribution in [0.1, 0.15) is 58.0 Å². The Labute approximate surface area is 219 Å². The molecule has 1 N–H and O–H groups in total. The number of aromatic nitrogens is 3. The molecule has 182 valence electrons. The maximum atomic E-state index is 12.5. The number of nitrogens with zero attached hydrogens (tertiary/aromatic N) is 3. The van der Waals surface area contributed by atoms with Gasteiger partial charge in [0.15, 0.2) is 17.1 Å². The second-order valence-corrected chi connectivity index (χ2v) is 11.0. The highest BCUT2D eigenvalue weighted by Gasteiger charge is 2.22. The van der Waals surface area contributed by atoms with E-state index in [1.807, 2.05) is 25.1 Å². The number of ether oxygens (including phenoxy) is 1. The molecule has 0 aliphatic heterocycles. The van der Waals surface area contributed by atoms with Crippen molar-refractivity contribution in [3.05, 3.63) is 63.3 Å². The molecular formula is C25H30BrClN4O2S. The van der Waals surface area contributed by atoms with Crippen LogP contribution in [0.3, 0.4) is 0 Å². The zero-order valence-electron chi connectivity index (χ0n) is 20.0. The molecule has 1 amide bonds. The van der Waals surface area contributed by atoms with E-state index in [0.29, 0.717) is 27.7 Å². The van der Waals surface area contributed by atoms with E-state index < -0.39 is 0 Å². The smallest absolute Gasteiger partial charge is 0.234 e. The van der Waals surface area contributed by atoms with E-state index in [2.05, 4.69) is 69.8 Å². The number of nitrogens with one attached hydrogen (secondary N) is 1. The summed E-state index contributed by atoms with van der Waals surface area (Å²) in [5, 5.41) is 12.9. The van der Waals surface area contributed by atoms with Crippen molar-refractivity contribution in [3.63, 3.8) is 0 Å². The minimum atomic E-state index is -0.292. The van der Waals surface area contributed by atoms with Crippen molar-refractivity contribution in [2.24, 2.45) is 5.92 Å². The standard InChI is InChI=1S/C25H30BrClN4O2S/c1-15(2)13-31-24(17(5)33-22-9-7-6-8-19(22)16(3)4)29-30-25(31)34-14-23(32)28-18-10-11-20(26)21(27)12-18/h6-12,15-17H,13-14H2,1-5H3,(H,28,32). The molecule has 0 saturated heterocycles. The predicted molar refractivity (Wildman–Crippen MR) is 143 cm³/mol. The number of carbonyl (C=O) groups is 1. The summed E-state index contributed by atoms with van der Waals surface area (Å²) in [5.74, 6) is 2.39. The highest BCUT2D eigenvalue weighted by atomic mass is 79.9. The van der Waals surface area contributed by atoms with Crippen LogP contribution in [-0.2, 0) is 11.3 Å². The molecule has 0 bridgehead atoms. The SMILES string of the molecule is CC(C)Cn1c(SCC(=O)Nc2ccc(Br)c(Cl)c2)nnc1C(C)Oc1ccccc1C(C)C. The zero-order chi connectivity index (χ0) is 24.8. The average Bonchev–Trinajstić information content (AvgIpc) is 3.17. The largest absolute Gasteiger partial charge is 0.482 e. The van der Waals surface area contributed by atoms with Crippen molar-refractivity contribution in [2.45, 2.75) is 58.3 Å². The molecule has 0 saturated carbocycles. The van der Waals surface area contributed by atoms with E-state index in [-0.39, 0.29) is 17.8 Å². The lowest BCUT2D eigenvalue weighted by Crippen LogP contribution is -2.17. The van der Waals surface area contributed by atoms with Gasteiger partial charge in [0, 0.05) is 16.7 Å². The summed E-state index contributed by atoms with van der Waals surface area (Å²) >= 11 is 10.8. The van der Waals surface area contributed by atoms with Crippen LogP contribution >= 0.6 is 39.3 Å². The highest BCUT2D eigenvalue weighted by Crippen LogP contribution is 2.31. The number of halogens is 2. The molecule has 1 atom stereocenters. The zero-order valence-corrected chi connectivity index (χ0v) is 23.2. The number of benzene rings is 2. The van der Waals surface area contributed by atoms with E-state index in [1.165, 1.54) is 11.8 Å². The van der Waals surface area contributed by atoms with Crippen LogP contribution in [0.25, 0.3) is 0 Å². The number of para-hydroxylation sites is 1. The minimum Gasteiger partial charge on any atom is -0.482 e. The lowest BCUT2D eigenvalue weighted by atomic mass is 10.0. The molecule has 0 radical (unpaired) electrons. The van der Waals surface area contributed by atoms with Crippen LogP contribution in [-0.4, -0.2) is 26.4 Å². The first-order valence-electron chi connectivity index (χ1n) is 11.2. The first-order valence-corrected chi connectivity index (χ1v) is 13.4. The van der Waals surface area contributed by atoms with Gasteiger partial charge in [0.05, 0.1) is 10.8 Å². The fourth-order valence-corrected chi connectivity index (χ4v) is 4.64. The molecule has 0 spiro atoms. The lowest BCUT2D eigenvalue weighted by Gasteiger charge is -2.20. The molecule has 1 aromatic heterocycles. The number of rotatable bonds is 10. The van der Waals surface area contributed by atoms with Gasteiger partial charge < -0.3 is 14.6 Å². The van der Waals surface area contributed by atoms with E-state index in [9.17, 15) is 4.79 Å². The van der Waals surface area contributed by atoms with E-state index in [0.717, 1.165) is 28.2 Å². The van der Waals surface area contributed by atoms with Gasteiger partial charge in [-0.2, -0.15) is 0 Å². The van der Waals surface area contributed by atoms with Crippen molar-refractivity contribution in [2.75, 3.05) is 11.1 Å². The first-order chi connectivity index (χ1) is 16.2. The molecule has 1 heterocycles. The molecule has 6 nitrogen and oxygen atoms in total. The summed E-state index contributed by atoms with van der Waals surface area (Å²) in [7, 11) is 0. The summed E-state index contributed by atoms with van der Waals surface area (Å²) in [6.07, 6.45) is -0.292. The Morgan fingerprint density at radius 3 is 2.56 bits per heavy atom. The second-order valence-electron chi connectivity index (χ2n) is 8.76. The lowest BCUT2D eigenvalue weighted by molar-refractivity contribution is -0.113. The van der Waals surface area contributed by atoms with Gasteiger partial charge in [0.25, 0.3) is 0 Å². The Kier molecular flexibility index (Phi) is 9.45. The van der Waals surface area contributed by atoms with Gasteiger partial charge in [-0.15, -0.1) is 10.2 Å². The molecule has 3 aromatic rings. The minimum absolute atomic E-state index is 0.140. The maximum absolute atomic E-state index is 12.5. The first kappa shape index (κ1) is 26.6. The fraction of sp³-hybridized carbons (Fsp3) is 0.400. The monoisotopic (exact) mass is 564 g/mol. The Morgan fingerprint density at radius 2 is 1.88 bits per heavy atom. The Hall–Kier alpha value is -2.03.